The van der Waals surface area contributed by atoms with E-state index in [1.807, 2.05) is 11.3 Å². The molecule has 0 aliphatic carbocycles. The summed E-state index contributed by atoms with van der Waals surface area (Å²) in [6.07, 6.45) is 0. The Bertz CT molecular complexity index is 428. The van der Waals surface area contributed by atoms with E-state index in [9.17, 15) is 0 Å². The number of hydrogen-bond acceptors (Lipinski definition) is 1. The lowest BCUT2D eigenvalue weighted by Crippen LogP contribution is -2.15. The molecule has 13 heavy (non-hydrogen) atoms. The van der Waals surface area contributed by atoms with Crippen molar-refractivity contribution in [2.75, 3.05) is 0 Å². The fraction of sp³-hybridized carbons (Fsp3) is 0.455. The Morgan fingerprint density at radius 1 is 1.31 bits per heavy atom. The molecule has 0 aliphatic rings. The van der Waals surface area contributed by atoms with Gasteiger partial charge in [0.2, 0.25) is 0 Å². The summed E-state index contributed by atoms with van der Waals surface area (Å²) in [6.45, 7) is 6.77. The minimum atomic E-state index is 0.244. The Kier molecular flexibility index (Phi) is 1.77. The van der Waals surface area contributed by atoms with Crippen molar-refractivity contribution in [2.24, 2.45) is 7.05 Å². The van der Waals surface area contributed by atoms with Crippen LogP contribution in [0, 0.1) is 0 Å². The van der Waals surface area contributed by atoms with Crippen LogP contribution in [0.2, 0.25) is 0 Å². The molecule has 0 saturated heterocycles. The molecular weight excluding hydrogens is 178 g/mol. The van der Waals surface area contributed by atoms with E-state index in [1.54, 1.807) is 0 Å². The van der Waals surface area contributed by atoms with Crippen molar-refractivity contribution in [1.29, 1.82) is 0 Å². The number of rotatable bonds is 0. The Hall–Kier alpha value is -0.760. The molecule has 0 radical (unpaired) electrons. The Labute approximate surface area is 83.0 Å². The molecular formula is C11H15NS. The first-order valence-corrected chi connectivity index (χ1v) is 5.41. The van der Waals surface area contributed by atoms with E-state index in [2.05, 4.69) is 49.9 Å². The van der Waals surface area contributed by atoms with E-state index in [0.717, 1.165) is 0 Å². The van der Waals surface area contributed by atoms with Crippen molar-refractivity contribution in [1.82, 2.24) is 4.57 Å². The van der Waals surface area contributed by atoms with Crippen molar-refractivity contribution in [3.8, 4) is 0 Å². The first kappa shape index (κ1) is 8.82. The fourth-order valence-electron chi connectivity index (χ4n) is 1.77. The minimum Gasteiger partial charge on any atom is -0.339 e. The van der Waals surface area contributed by atoms with Gasteiger partial charge in [0, 0.05) is 23.5 Å². The molecule has 2 heteroatoms. The maximum atomic E-state index is 2.31. The molecule has 0 aliphatic heterocycles. The fourth-order valence-corrected chi connectivity index (χ4v) is 2.63. The molecule has 0 bridgehead atoms. The molecule has 0 spiro atoms. The van der Waals surface area contributed by atoms with Gasteiger partial charge in [-0.3, -0.25) is 0 Å². The topological polar surface area (TPSA) is 4.93 Å². The van der Waals surface area contributed by atoms with E-state index in [0.29, 0.717) is 0 Å². The zero-order valence-electron chi connectivity index (χ0n) is 8.59. The number of fused-ring (bicyclic) bond motifs is 1. The van der Waals surface area contributed by atoms with Gasteiger partial charge in [-0.25, -0.2) is 0 Å². The zero-order chi connectivity index (χ0) is 9.64. The van der Waals surface area contributed by atoms with E-state index in [1.165, 1.54) is 15.9 Å². The summed E-state index contributed by atoms with van der Waals surface area (Å²) in [6, 6.07) is 4.49. The third kappa shape index (κ3) is 1.29. The van der Waals surface area contributed by atoms with Crippen molar-refractivity contribution in [3.63, 3.8) is 0 Å². The average Bonchev–Trinajstić information content (AvgIpc) is 2.51. The molecule has 70 valence electrons. The Morgan fingerprint density at radius 3 is 2.54 bits per heavy atom. The SMILES string of the molecule is Cn1c(C(C)(C)C)cc2ccsc21. The minimum absolute atomic E-state index is 0.244. The van der Waals surface area contributed by atoms with Gasteiger partial charge in [-0.2, -0.15) is 0 Å². The molecule has 0 amide bonds. The Morgan fingerprint density at radius 2 is 2.00 bits per heavy atom. The quantitative estimate of drug-likeness (QED) is 0.603. The third-order valence-corrected chi connectivity index (χ3v) is 3.41. The summed E-state index contributed by atoms with van der Waals surface area (Å²) in [5, 5.41) is 3.52. The summed E-state index contributed by atoms with van der Waals surface area (Å²) in [7, 11) is 2.15. The molecule has 0 aromatic carbocycles. The second-order valence-electron chi connectivity index (χ2n) is 4.52. The first-order chi connectivity index (χ1) is 6.00. The standard InChI is InChI=1S/C11H15NS/c1-11(2,3)9-7-8-5-6-13-10(8)12(9)4/h5-7H,1-4H3. The predicted octanol–water partition coefficient (Wildman–Crippen LogP) is 3.54. The molecule has 2 aromatic rings. The number of aryl methyl sites for hydroxylation is 1. The summed E-state index contributed by atoms with van der Waals surface area (Å²) in [5.41, 5.74) is 1.65. The zero-order valence-corrected chi connectivity index (χ0v) is 9.40. The van der Waals surface area contributed by atoms with Gasteiger partial charge in [-0.05, 0) is 17.5 Å². The number of nitrogens with zero attached hydrogens (tertiary/aromatic N) is 1. The average molecular weight is 193 g/mol. The molecule has 1 nitrogen and oxygen atoms in total. The number of hydrogen-bond donors (Lipinski definition) is 0. The maximum Gasteiger partial charge on any atom is 0.102 e. The highest BCUT2D eigenvalue weighted by molar-refractivity contribution is 7.16. The molecule has 2 heterocycles. The maximum absolute atomic E-state index is 2.31. The van der Waals surface area contributed by atoms with E-state index in [-0.39, 0.29) is 5.41 Å². The lowest BCUT2D eigenvalue weighted by molar-refractivity contribution is 0.548. The van der Waals surface area contributed by atoms with Crippen molar-refractivity contribution >= 4 is 21.6 Å². The largest absolute Gasteiger partial charge is 0.339 e. The van der Waals surface area contributed by atoms with Gasteiger partial charge in [0.1, 0.15) is 4.83 Å². The first-order valence-electron chi connectivity index (χ1n) is 4.53. The van der Waals surface area contributed by atoms with Crippen LogP contribution in [0.25, 0.3) is 10.2 Å². The van der Waals surface area contributed by atoms with E-state index in [4.69, 9.17) is 0 Å². The van der Waals surface area contributed by atoms with Crippen LogP contribution in [0.3, 0.4) is 0 Å². The predicted molar refractivity (Wildman–Crippen MR) is 59.5 cm³/mol. The molecule has 0 fully saturated rings. The monoisotopic (exact) mass is 193 g/mol. The van der Waals surface area contributed by atoms with Gasteiger partial charge in [0.25, 0.3) is 0 Å². The summed E-state index contributed by atoms with van der Waals surface area (Å²) >= 11 is 1.81. The van der Waals surface area contributed by atoms with Gasteiger partial charge in [0.15, 0.2) is 0 Å². The number of aromatic nitrogens is 1. The lowest BCUT2D eigenvalue weighted by Gasteiger charge is -2.19. The van der Waals surface area contributed by atoms with E-state index >= 15 is 0 Å². The van der Waals surface area contributed by atoms with Crippen LogP contribution in [0.5, 0.6) is 0 Å². The second kappa shape index (κ2) is 2.61. The van der Waals surface area contributed by atoms with Crippen LogP contribution < -0.4 is 0 Å². The highest BCUT2D eigenvalue weighted by Crippen LogP contribution is 2.30. The van der Waals surface area contributed by atoms with Crippen molar-refractivity contribution in [3.05, 3.63) is 23.2 Å². The Balaban J connectivity index is 2.71. The van der Waals surface area contributed by atoms with Gasteiger partial charge >= 0.3 is 0 Å². The molecule has 2 aromatic heterocycles. The summed E-state index contributed by atoms with van der Waals surface area (Å²) < 4.78 is 2.31. The molecule has 2 rings (SSSR count). The van der Waals surface area contributed by atoms with Crippen LogP contribution in [0.1, 0.15) is 26.5 Å². The van der Waals surface area contributed by atoms with Gasteiger partial charge in [0.05, 0.1) is 0 Å². The molecule has 0 atom stereocenters. The van der Waals surface area contributed by atoms with Gasteiger partial charge in [-0.15, -0.1) is 11.3 Å². The van der Waals surface area contributed by atoms with Crippen molar-refractivity contribution in [2.45, 2.75) is 26.2 Å². The lowest BCUT2D eigenvalue weighted by atomic mass is 9.92. The second-order valence-corrected chi connectivity index (χ2v) is 5.41. The van der Waals surface area contributed by atoms with Crippen LogP contribution in [0.15, 0.2) is 17.5 Å². The van der Waals surface area contributed by atoms with E-state index < -0.39 is 0 Å². The smallest absolute Gasteiger partial charge is 0.102 e. The van der Waals surface area contributed by atoms with Crippen LogP contribution in [-0.4, -0.2) is 4.57 Å². The summed E-state index contributed by atoms with van der Waals surface area (Å²) in [5.74, 6) is 0. The van der Waals surface area contributed by atoms with Crippen LogP contribution in [0.4, 0.5) is 0 Å². The molecule has 0 unspecified atom stereocenters. The van der Waals surface area contributed by atoms with Gasteiger partial charge < -0.3 is 4.57 Å². The van der Waals surface area contributed by atoms with Crippen molar-refractivity contribution < 1.29 is 0 Å². The highest BCUT2D eigenvalue weighted by atomic mass is 32.1. The van der Waals surface area contributed by atoms with Crippen LogP contribution >= 0.6 is 11.3 Å². The van der Waals surface area contributed by atoms with Crippen LogP contribution in [-0.2, 0) is 12.5 Å². The molecule has 0 saturated carbocycles. The third-order valence-electron chi connectivity index (χ3n) is 2.40. The summed E-state index contributed by atoms with van der Waals surface area (Å²) in [4.78, 5) is 1.38. The number of thiophene rings is 1. The van der Waals surface area contributed by atoms with Gasteiger partial charge in [-0.1, -0.05) is 20.8 Å². The highest BCUT2D eigenvalue weighted by Gasteiger charge is 2.19. The molecule has 0 N–H and O–H groups in total. The normalized spacial score (nSPS) is 12.6.